The summed E-state index contributed by atoms with van der Waals surface area (Å²) < 4.78 is 5.22. The Kier molecular flexibility index (Phi) is 7.30. The molecule has 0 bridgehead atoms. The molecule has 0 radical (unpaired) electrons. The van der Waals surface area contributed by atoms with Crippen molar-refractivity contribution in [1.29, 1.82) is 0 Å². The van der Waals surface area contributed by atoms with Gasteiger partial charge in [0.15, 0.2) is 0 Å². The van der Waals surface area contributed by atoms with Crippen LogP contribution in [-0.2, 0) is 9.59 Å². The normalized spacial score (nSPS) is 11.6. The predicted octanol–water partition coefficient (Wildman–Crippen LogP) is 4.32. The van der Waals surface area contributed by atoms with Crippen LogP contribution in [0.15, 0.2) is 36.4 Å². The molecule has 2 aromatic carbocycles. The van der Waals surface area contributed by atoms with Crippen molar-refractivity contribution in [3.8, 4) is 5.75 Å². The van der Waals surface area contributed by atoms with E-state index in [1.807, 2.05) is 45.0 Å². The first-order valence-electron chi connectivity index (χ1n) is 8.75. The number of methoxy groups -OCH3 is 1. The number of ether oxygens (including phenoxy) is 1. The van der Waals surface area contributed by atoms with Crippen LogP contribution in [0.2, 0.25) is 0 Å². The number of amides is 2. The molecule has 0 aliphatic heterocycles. The Bertz CT molecular complexity index is 813. The van der Waals surface area contributed by atoms with Crippen molar-refractivity contribution in [2.24, 2.45) is 0 Å². The number of aryl methyl sites for hydroxylation is 3. The molecule has 2 aromatic rings. The van der Waals surface area contributed by atoms with Crippen LogP contribution >= 0.6 is 11.8 Å². The fourth-order valence-corrected chi connectivity index (χ4v) is 3.50. The van der Waals surface area contributed by atoms with Gasteiger partial charge in [-0.2, -0.15) is 0 Å². The van der Waals surface area contributed by atoms with Crippen LogP contribution in [0.5, 0.6) is 5.75 Å². The molecule has 0 unspecified atom stereocenters. The number of para-hydroxylation sites is 2. The van der Waals surface area contributed by atoms with Crippen molar-refractivity contribution < 1.29 is 14.3 Å². The highest BCUT2D eigenvalue weighted by molar-refractivity contribution is 8.01. The molecule has 2 rings (SSSR count). The molecule has 0 spiro atoms. The van der Waals surface area contributed by atoms with Gasteiger partial charge in [0.25, 0.3) is 0 Å². The first-order chi connectivity index (χ1) is 12.8. The Morgan fingerprint density at radius 2 is 1.70 bits per heavy atom. The van der Waals surface area contributed by atoms with Crippen molar-refractivity contribution in [3.63, 3.8) is 0 Å². The van der Waals surface area contributed by atoms with Gasteiger partial charge < -0.3 is 15.4 Å². The van der Waals surface area contributed by atoms with Gasteiger partial charge in [0.2, 0.25) is 11.8 Å². The summed E-state index contributed by atoms with van der Waals surface area (Å²) in [6.45, 7) is 7.79. The molecule has 27 heavy (non-hydrogen) atoms. The quantitative estimate of drug-likeness (QED) is 0.744. The summed E-state index contributed by atoms with van der Waals surface area (Å²) in [5.74, 6) is 0.498. The van der Waals surface area contributed by atoms with Crippen LogP contribution in [0, 0.1) is 20.8 Å². The lowest BCUT2D eigenvalue weighted by Gasteiger charge is -2.16. The summed E-state index contributed by atoms with van der Waals surface area (Å²) in [7, 11) is 1.56. The lowest BCUT2D eigenvalue weighted by Crippen LogP contribution is -2.25. The largest absolute Gasteiger partial charge is 0.495 e. The number of hydrogen-bond donors (Lipinski definition) is 2. The van der Waals surface area contributed by atoms with Crippen molar-refractivity contribution in [1.82, 2.24) is 0 Å². The highest BCUT2D eigenvalue weighted by atomic mass is 32.2. The Balaban J connectivity index is 1.90. The number of thioether (sulfide) groups is 1. The molecular formula is C21H26N2O3S. The third-order valence-corrected chi connectivity index (χ3v) is 5.28. The van der Waals surface area contributed by atoms with Crippen LogP contribution in [-0.4, -0.2) is 29.9 Å². The number of rotatable bonds is 7. The highest BCUT2D eigenvalue weighted by Gasteiger charge is 2.17. The smallest absolute Gasteiger partial charge is 0.237 e. The number of nitrogens with one attached hydrogen (secondary N) is 2. The van der Waals surface area contributed by atoms with Crippen LogP contribution in [0.4, 0.5) is 11.4 Å². The summed E-state index contributed by atoms with van der Waals surface area (Å²) in [6, 6.07) is 11.3. The van der Waals surface area contributed by atoms with E-state index < -0.39 is 0 Å². The average molecular weight is 387 g/mol. The maximum absolute atomic E-state index is 12.5. The number of hydrogen-bond acceptors (Lipinski definition) is 4. The van der Waals surface area contributed by atoms with E-state index in [0.717, 1.165) is 16.8 Å². The van der Waals surface area contributed by atoms with Crippen LogP contribution in [0.1, 0.15) is 23.6 Å². The number of benzene rings is 2. The lowest BCUT2D eigenvalue weighted by atomic mass is 10.1. The van der Waals surface area contributed by atoms with Gasteiger partial charge in [0.05, 0.1) is 23.8 Å². The van der Waals surface area contributed by atoms with Gasteiger partial charge >= 0.3 is 0 Å². The van der Waals surface area contributed by atoms with Gasteiger partial charge in [-0.25, -0.2) is 0 Å². The molecule has 144 valence electrons. The van der Waals surface area contributed by atoms with Crippen LogP contribution in [0.3, 0.4) is 0 Å². The number of carbonyl (C=O) groups excluding carboxylic acids is 2. The molecule has 5 nitrogen and oxygen atoms in total. The third kappa shape index (κ3) is 5.76. The summed E-state index contributed by atoms with van der Waals surface area (Å²) in [6.07, 6.45) is 0. The van der Waals surface area contributed by atoms with Crippen LogP contribution in [0.25, 0.3) is 0 Å². The average Bonchev–Trinajstić information content (AvgIpc) is 2.62. The van der Waals surface area contributed by atoms with E-state index >= 15 is 0 Å². The maximum atomic E-state index is 12.5. The minimum atomic E-state index is -0.353. The van der Waals surface area contributed by atoms with Crippen molar-refractivity contribution >= 4 is 35.0 Å². The summed E-state index contributed by atoms with van der Waals surface area (Å²) >= 11 is 1.29. The van der Waals surface area contributed by atoms with E-state index in [2.05, 4.69) is 10.6 Å². The lowest BCUT2D eigenvalue weighted by molar-refractivity contribution is -0.115. The van der Waals surface area contributed by atoms with E-state index in [9.17, 15) is 9.59 Å². The molecular weight excluding hydrogens is 360 g/mol. The molecule has 2 N–H and O–H groups in total. The minimum Gasteiger partial charge on any atom is -0.495 e. The zero-order valence-corrected chi connectivity index (χ0v) is 17.2. The third-order valence-electron chi connectivity index (χ3n) is 4.14. The molecule has 0 fully saturated rings. The molecule has 0 aromatic heterocycles. The van der Waals surface area contributed by atoms with Crippen molar-refractivity contribution in [2.75, 3.05) is 23.5 Å². The number of carbonyl (C=O) groups is 2. The Morgan fingerprint density at radius 1 is 1.07 bits per heavy atom. The monoisotopic (exact) mass is 386 g/mol. The van der Waals surface area contributed by atoms with Crippen molar-refractivity contribution in [3.05, 3.63) is 53.1 Å². The molecule has 0 heterocycles. The maximum Gasteiger partial charge on any atom is 0.237 e. The standard InChI is InChI=1S/C21H26N2O3S/c1-13-10-14(2)20(15(3)11-13)23-21(25)16(4)27-12-19(24)22-17-8-6-7-9-18(17)26-5/h6-11,16H,12H2,1-5H3,(H,22,24)(H,23,25)/t16-/m0/s1. The van der Waals surface area contributed by atoms with E-state index in [-0.39, 0.29) is 22.8 Å². The van der Waals surface area contributed by atoms with Crippen LogP contribution < -0.4 is 15.4 Å². The van der Waals surface area contributed by atoms with E-state index in [0.29, 0.717) is 11.4 Å². The van der Waals surface area contributed by atoms with Gasteiger partial charge in [-0.3, -0.25) is 9.59 Å². The van der Waals surface area contributed by atoms with E-state index in [1.54, 1.807) is 26.2 Å². The zero-order valence-electron chi connectivity index (χ0n) is 16.4. The summed E-state index contributed by atoms with van der Waals surface area (Å²) in [5, 5.41) is 5.45. The molecule has 6 heteroatoms. The predicted molar refractivity (Wildman–Crippen MR) is 113 cm³/mol. The highest BCUT2D eigenvalue weighted by Crippen LogP contribution is 2.25. The topological polar surface area (TPSA) is 67.4 Å². The van der Waals surface area contributed by atoms with Gasteiger partial charge in [0, 0.05) is 5.69 Å². The second-order valence-corrected chi connectivity index (χ2v) is 7.79. The van der Waals surface area contributed by atoms with Gasteiger partial charge in [0.1, 0.15) is 5.75 Å². The van der Waals surface area contributed by atoms with E-state index in [4.69, 9.17) is 4.74 Å². The molecule has 0 saturated carbocycles. The molecule has 0 aliphatic rings. The molecule has 0 aliphatic carbocycles. The van der Waals surface area contributed by atoms with Gasteiger partial charge in [-0.05, 0) is 51.0 Å². The summed E-state index contributed by atoms with van der Waals surface area (Å²) in [4.78, 5) is 24.7. The molecule has 1 atom stereocenters. The second kappa shape index (κ2) is 9.46. The first-order valence-corrected chi connectivity index (χ1v) is 9.80. The second-order valence-electron chi connectivity index (χ2n) is 6.46. The Hall–Kier alpha value is -2.47. The zero-order chi connectivity index (χ0) is 20.0. The summed E-state index contributed by atoms with van der Waals surface area (Å²) in [5.41, 5.74) is 4.70. The Labute approximate surface area is 164 Å². The first kappa shape index (κ1) is 20.8. The molecule has 0 saturated heterocycles. The van der Waals surface area contributed by atoms with E-state index in [1.165, 1.54) is 17.3 Å². The molecule has 2 amide bonds. The SMILES string of the molecule is COc1ccccc1NC(=O)CS[C@@H](C)C(=O)Nc1c(C)cc(C)cc1C. The fraction of sp³-hybridized carbons (Fsp3) is 0.333. The Morgan fingerprint density at radius 3 is 2.33 bits per heavy atom. The van der Waals surface area contributed by atoms with Crippen molar-refractivity contribution in [2.45, 2.75) is 32.9 Å². The fourth-order valence-electron chi connectivity index (χ4n) is 2.81. The number of anilines is 2. The van der Waals surface area contributed by atoms with Gasteiger partial charge in [-0.15, -0.1) is 11.8 Å². The minimum absolute atomic E-state index is 0.111. The van der Waals surface area contributed by atoms with Gasteiger partial charge in [-0.1, -0.05) is 29.8 Å².